The van der Waals surface area contributed by atoms with Crippen LogP contribution in [0.3, 0.4) is 0 Å². The molecule has 0 atom stereocenters. The predicted molar refractivity (Wildman–Crippen MR) is 107 cm³/mol. The minimum absolute atomic E-state index is 0.203. The number of aryl methyl sites for hydroxylation is 2. The number of carboxylic acids is 1. The molecular weight excluding hydrogens is 324 g/mol. The first kappa shape index (κ1) is 22.4. The van der Waals surface area contributed by atoms with Crippen molar-refractivity contribution in [3.05, 3.63) is 35.4 Å². The van der Waals surface area contributed by atoms with E-state index < -0.39 is 11.4 Å². The molecule has 0 fully saturated rings. The van der Waals surface area contributed by atoms with Gasteiger partial charge in [0.25, 0.3) is 0 Å². The van der Waals surface area contributed by atoms with E-state index in [1.165, 1.54) is 11.1 Å². The van der Waals surface area contributed by atoms with Crippen LogP contribution < -0.4 is 0 Å². The fourth-order valence-electron chi connectivity index (χ4n) is 3.02. The van der Waals surface area contributed by atoms with E-state index in [1.54, 1.807) is 20.8 Å². The summed E-state index contributed by atoms with van der Waals surface area (Å²) in [5.74, 6) is -0.446. The van der Waals surface area contributed by atoms with Crippen molar-refractivity contribution in [1.29, 1.82) is 0 Å². The number of carboxylic acid groups (broad SMARTS) is 1. The summed E-state index contributed by atoms with van der Waals surface area (Å²) in [5, 5.41) is 9.16. The number of ketones is 1. The topological polar surface area (TPSA) is 54.4 Å². The summed E-state index contributed by atoms with van der Waals surface area (Å²) >= 11 is 0. The van der Waals surface area contributed by atoms with Gasteiger partial charge in [-0.1, -0.05) is 51.0 Å². The maximum Gasteiger partial charge on any atom is 0.309 e. The fourth-order valence-corrected chi connectivity index (χ4v) is 3.02. The molecule has 1 aromatic rings. The molecule has 0 radical (unpaired) electrons. The van der Waals surface area contributed by atoms with Gasteiger partial charge in [0.05, 0.1) is 5.41 Å². The summed E-state index contributed by atoms with van der Waals surface area (Å²) in [6.07, 6.45) is 7.84. The molecule has 0 saturated carbocycles. The molecule has 0 aromatic heterocycles. The van der Waals surface area contributed by atoms with Crippen LogP contribution in [-0.2, 0) is 22.4 Å². The van der Waals surface area contributed by atoms with Crippen LogP contribution in [0.1, 0.15) is 84.3 Å². The first-order valence-corrected chi connectivity index (χ1v) is 9.87. The molecule has 1 N–H and O–H groups in total. The second-order valence-electron chi connectivity index (χ2n) is 8.86. The van der Waals surface area contributed by atoms with Crippen LogP contribution in [0.15, 0.2) is 24.3 Å². The van der Waals surface area contributed by atoms with Crippen LogP contribution in [0.25, 0.3) is 0 Å². The minimum Gasteiger partial charge on any atom is -0.481 e. The number of hydrogen-bond donors (Lipinski definition) is 1. The van der Waals surface area contributed by atoms with Crippen molar-refractivity contribution >= 4 is 11.8 Å². The molecule has 0 aliphatic rings. The predicted octanol–water partition coefficient (Wildman–Crippen LogP) is 5.84. The van der Waals surface area contributed by atoms with E-state index in [4.69, 9.17) is 5.11 Å². The number of hydrogen-bond acceptors (Lipinski definition) is 2. The summed E-state index contributed by atoms with van der Waals surface area (Å²) in [6, 6.07) is 8.72. The van der Waals surface area contributed by atoms with Crippen LogP contribution in [0.2, 0.25) is 0 Å². The SMILES string of the molecule is CC(=O)C(C)(C)CCCCc1cccc(CCCCC(C)(C)C(=O)O)c1. The molecule has 146 valence electrons. The Morgan fingerprint density at radius 3 is 1.73 bits per heavy atom. The molecule has 3 nitrogen and oxygen atoms in total. The van der Waals surface area contributed by atoms with Crippen molar-refractivity contribution in [2.24, 2.45) is 10.8 Å². The van der Waals surface area contributed by atoms with Gasteiger partial charge < -0.3 is 5.11 Å². The highest BCUT2D eigenvalue weighted by atomic mass is 16.4. The Balaban J connectivity index is 2.37. The number of carbonyl (C=O) groups is 2. The van der Waals surface area contributed by atoms with Crippen molar-refractivity contribution in [3.63, 3.8) is 0 Å². The normalized spacial score (nSPS) is 12.2. The van der Waals surface area contributed by atoms with Gasteiger partial charge in [0.2, 0.25) is 0 Å². The van der Waals surface area contributed by atoms with Gasteiger partial charge in [-0.15, -0.1) is 0 Å². The second kappa shape index (κ2) is 9.89. The first-order chi connectivity index (χ1) is 12.0. The van der Waals surface area contributed by atoms with Gasteiger partial charge in [0, 0.05) is 5.41 Å². The third kappa shape index (κ3) is 7.72. The molecule has 1 aromatic carbocycles. The highest BCUT2D eigenvalue weighted by Crippen LogP contribution is 2.25. The monoisotopic (exact) mass is 360 g/mol. The highest BCUT2D eigenvalue weighted by Gasteiger charge is 2.26. The number of benzene rings is 1. The van der Waals surface area contributed by atoms with Crippen LogP contribution >= 0.6 is 0 Å². The number of carbonyl (C=O) groups excluding carboxylic acids is 1. The number of unbranched alkanes of at least 4 members (excludes halogenated alkanes) is 2. The number of rotatable bonds is 12. The molecule has 0 aliphatic heterocycles. The molecule has 0 unspecified atom stereocenters. The van der Waals surface area contributed by atoms with Crippen molar-refractivity contribution in [2.75, 3.05) is 0 Å². The van der Waals surface area contributed by atoms with Crippen molar-refractivity contribution < 1.29 is 14.7 Å². The van der Waals surface area contributed by atoms with Crippen molar-refractivity contribution in [2.45, 2.75) is 86.0 Å². The fraction of sp³-hybridized carbons (Fsp3) is 0.652. The van der Waals surface area contributed by atoms with Crippen molar-refractivity contribution in [3.8, 4) is 0 Å². The third-order valence-corrected chi connectivity index (χ3v) is 5.56. The highest BCUT2D eigenvalue weighted by molar-refractivity contribution is 5.81. The first-order valence-electron chi connectivity index (χ1n) is 9.87. The zero-order valence-corrected chi connectivity index (χ0v) is 17.2. The van der Waals surface area contributed by atoms with Gasteiger partial charge in [-0.2, -0.15) is 0 Å². The second-order valence-corrected chi connectivity index (χ2v) is 8.86. The number of Topliss-reactive ketones (excluding diaryl/α,β-unsaturated/α-hetero) is 1. The van der Waals surface area contributed by atoms with E-state index >= 15 is 0 Å². The lowest BCUT2D eigenvalue weighted by molar-refractivity contribution is -0.147. The molecule has 0 aliphatic carbocycles. The molecule has 0 spiro atoms. The molecule has 0 heterocycles. The lowest BCUT2D eigenvalue weighted by atomic mass is 9.83. The molecule has 26 heavy (non-hydrogen) atoms. The van der Waals surface area contributed by atoms with Gasteiger partial charge in [-0.05, 0) is 70.4 Å². The average molecular weight is 361 g/mol. The standard InChI is InChI=1S/C23H36O3/c1-18(24)22(2,3)15-8-6-11-19-13-10-14-20(17-19)12-7-9-16-23(4,5)21(25)26/h10,13-14,17H,6-9,11-12,15-16H2,1-5H3,(H,25,26). The van der Waals surface area contributed by atoms with E-state index in [9.17, 15) is 9.59 Å². The van der Waals surface area contributed by atoms with Crippen LogP contribution in [-0.4, -0.2) is 16.9 Å². The summed E-state index contributed by atoms with van der Waals surface area (Å²) in [7, 11) is 0. The molecule has 0 bridgehead atoms. The van der Waals surface area contributed by atoms with E-state index in [0.29, 0.717) is 6.42 Å². The van der Waals surface area contributed by atoms with Crippen LogP contribution in [0.4, 0.5) is 0 Å². The Bertz CT molecular complexity index is 550. The van der Waals surface area contributed by atoms with E-state index in [1.807, 2.05) is 13.8 Å². The Morgan fingerprint density at radius 2 is 1.31 bits per heavy atom. The lowest BCUT2D eigenvalue weighted by Crippen LogP contribution is -2.23. The van der Waals surface area contributed by atoms with Gasteiger partial charge in [-0.3, -0.25) is 9.59 Å². The van der Waals surface area contributed by atoms with Gasteiger partial charge in [0.1, 0.15) is 5.78 Å². The Kier molecular flexibility index (Phi) is 8.52. The van der Waals surface area contributed by atoms with E-state index in [2.05, 4.69) is 24.3 Å². The smallest absolute Gasteiger partial charge is 0.309 e. The summed E-state index contributed by atoms with van der Waals surface area (Å²) < 4.78 is 0. The zero-order valence-electron chi connectivity index (χ0n) is 17.2. The summed E-state index contributed by atoms with van der Waals surface area (Å²) in [6.45, 7) is 9.33. The molecule has 3 heteroatoms. The van der Waals surface area contributed by atoms with Gasteiger partial charge >= 0.3 is 5.97 Å². The molecular formula is C23H36O3. The number of aliphatic carboxylic acids is 1. The molecule has 0 amide bonds. The Morgan fingerprint density at radius 1 is 0.846 bits per heavy atom. The largest absolute Gasteiger partial charge is 0.481 e. The third-order valence-electron chi connectivity index (χ3n) is 5.56. The molecule has 0 saturated heterocycles. The van der Waals surface area contributed by atoms with Gasteiger partial charge in [-0.25, -0.2) is 0 Å². The van der Waals surface area contributed by atoms with E-state index in [0.717, 1.165) is 44.9 Å². The van der Waals surface area contributed by atoms with Crippen molar-refractivity contribution in [1.82, 2.24) is 0 Å². The average Bonchev–Trinajstić information content (AvgIpc) is 2.56. The Hall–Kier alpha value is -1.64. The maximum atomic E-state index is 11.6. The van der Waals surface area contributed by atoms with Crippen LogP contribution in [0, 0.1) is 10.8 Å². The van der Waals surface area contributed by atoms with E-state index in [-0.39, 0.29) is 11.2 Å². The zero-order chi connectivity index (χ0) is 19.8. The molecule has 1 rings (SSSR count). The van der Waals surface area contributed by atoms with Gasteiger partial charge in [0.15, 0.2) is 0 Å². The van der Waals surface area contributed by atoms with Crippen LogP contribution in [0.5, 0.6) is 0 Å². The lowest BCUT2D eigenvalue weighted by Gasteiger charge is -2.20. The maximum absolute atomic E-state index is 11.6. The minimum atomic E-state index is -0.715. The Labute approximate surface area is 159 Å². The quantitative estimate of drug-likeness (QED) is 0.476. The summed E-state index contributed by atoms with van der Waals surface area (Å²) in [5.41, 5.74) is 1.86. The summed E-state index contributed by atoms with van der Waals surface area (Å²) in [4.78, 5) is 22.7.